The summed E-state index contributed by atoms with van der Waals surface area (Å²) in [6.07, 6.45) is 2.30. The van der Waals surface area contributed by atoms with Crippen LogP contribution < -0.4 is 16.8 Å². The van der Waals surface area contributed by atoms with Crippen LogP contribution in [0.25, 0.3) is 0 Å². The second kappa shape index (κ2) is 8.97. The first-order chi connectivity index (χ1) is 10.0. The number of benzene rings is 1. The van der Waals surface area contributed by atoms with Crippen LogP contribution in [-0.4, -0.2) is 36.3 Å². The molecule has 0 radical (unpaired) electrons. The molecule has 0 fully saturated rings. The zero-order chi connectivity index (χ0) is 15.7. The molecule has 0 aliphatic heterocycles. The summed E-state index contributed by atoms with van der Waals surface area (Å²) in [5.41, 5.74) is 12.1. The molecule has 1 rings (SSSR count). The molecule has 0 aliphatic rings. The molecule has 0 saturated heterocycles. The Balaban J connectivity index is 2.45. The Morgan fingerprint density at radius 1 is 1.24 bits per heavy atom. The largest absolute Gasteiger partial charge is 0.397 e. The number of amides is 2. The molecule has 0 heterocycles. The summed E-state index contributed by atoms with van der Waals surface area (Å²) in [5.74, 6) is -0.502. The van der Waals surface area contributed by atoms with Gasteiger partial charge >= 0.3 is 0 Å². The van der Waals surface area contributed by atoms with E-state index in [9.17, 15) is 9.59 Å². The summed E-state index contributed by atoms with van der Waals surface area (Å²) in [5, 5.41) is 2.77. The molecular weight excluding hydrogens is 268 g/mol. The topological polar surface area (TPSA) is 101 Å². The molecule has 21 heavy (non-hydrogen) atoms. The summed E-state index contributed by atoms with van der Waals surface area (Å²) in [4.78, 5) is 24.8. The maximum atomic E-state index is 11.9. The van der Waals surface area contributed by atoms with E-state index in [0.717, 1.165) is 19.4 Å². The van der Waals surface area contributed by atoms with Crippen molar-refractivity contribution in [3.05, 3.63) is 24.3 Å². The number of nitrogens with zero attached hydrogens (tertiary/aromatic N) is 1. The van der Waals surface area contributed by atoms with Crippen LogP contribution in [0.5, 0.6) is 0 Å². The van der Waals surface area contributed by atoms with Crippen LogP contribution in [0.2, 0.25) is 0 Å². The molecule has 0 aromatic heterocycles. The van der Waals surface area contributed by atoms with Crippen molar-refractivity contribution >= 4 is 23.2 Å². The molecular formula is C15H24N4O2. The summed E-state index contributed by atoms with van der Waals surface area (Å²) < 4.78 is 0. The molecule has 1 aromatic rings. The van der Waals surface area contributed by atoms with Crippen molar-refractivity contribution in [2.75, 3.05) is 30.7 Å². The first kappa shape index (κ1) is 17.0. The van der Waals surface area contributed by atoms with E-state index in [4.69, 9.17) is 11.5 Å². The Kier molecular flexibility index (Phi) is 7.25. The SMILES string of the molecule is CCCCN(CCC(=O)Nc1ccccc1N)CC(N)=O. The van der Waals surface area contributed by atoms with Gasteiger partial charge in [-0.1, -0.05) is 25.5 Å². The Morgan fingerprint density at radius 3 is 2.57 bits per heavy atom. The first-order valence-corrected chi connectivity index (χ1v) is 7.18. The molecule has 0 aliphatic carbocycles. The number of hydrogen-bond donors (Lipinski definition) is 3. The van der Waals surface area contributed by atoms with Crippen LogP contribution in [0, 0.1) is 0 Å². The van der Waals surface area contributed by atoms with E-state index in [0.29, 0.717) is 24.3 Å². The molecule has 0 spiro atoms. The average molecular weight is 292 g/mol. The number of nitrogens with two attached hydrogens (primary N) is 2. The highest BCUT2D eigenvalue weighted by Gasteiger charge is 2.11. The van der Waals surface area contributed by atoms with Gasteiger partial charge in [-0.2, -0.15) is 0 Å². The van der Waals surface area contributed by atoms with Gasteiger partial charge in [-0.25, -0.2) is 0 Å². The van der Waals surface area contributed by atoms with Crippen molar-refractivity contribution in [2.45, 2.75) is 26.2 Å². The van der Waals surface area contributed by atoms with Gasteiger partial charge in [0.2, 0.25) is 11.8 Å². The summed E-state index contributed by atoms with van der Waals surface area (Å²) >= 11 is 0. The second-order valence-corrected chi connectivity index (χ2v) is 4.98. The number of hydrogen-bond acceptors (Lipinski definition) is 4. The Bertz CT molecular complexity index is 476. The van der Waals surface area contributed by atoms with Crippen LogP contribution in [-0.2, 0) is 9.59 Å². The van der Waals surface area contributed by atoms with Crippen LogP contribution in [0.1, 0.15) is 26.2 Å². The molecule has 6 nitrogen and oxygen atoms in total. The summed E-state index contributed by atoms with van der Waals surface area (Å²) in [6.45, 7) is 3.52. The van der Waals surface area contributed by atoms with E-state index in [-0.39, 0.29) is 18.4 Å². The monoisotopic (exact) mass is 292 g/mol. The van der Waals surface area contributed by atoms with Gasteiger partial charge < -0.3 is 16.8 Å². The van der Waals surface area contributed by atoms with Crippen molar-refractivity contribution in [1.29, 1.82) is 0 Å². The number of carbonyl (C=O) groups is 2. The normalized spacial score (nSPS) is 10.6. The lowest BCUT2D eigenvalue weighted by Gasteiger charge is -2.20. The van der Waals surface area contributed by atoms with Crippen LogP contribution in [0.3, 0.4) is 0 Å². The van der Waals surface area contributed by atoms with Gasteiger partial charge in [-0.05, 0) is 25.1 Å². The minimum absolute atomic E-state index is 0.126. The van der Waals surface area contributed by atoms with E-state index in [1.165, 1.54) is 0 Å². The lowest BCUT2D eigenvalue weighted by molar-refractivity contribution is -0.120. The number of para-hydroxylation sites is 2. The maximum absolute atomic E-state index is 11.9. The van der Waals surface area contributed by atoms with Gasteiger partial charge in [0.1, 0.15) is 0 Å². The van der Waals surface area contributed by atoms with E-state index >= 15 is 0 Å². The fourth-order valence-electron chi connectivity index (χ4n) is 1.96. The second-order valence-electron chi connectivity index (χ2n) is 4.98. The highest BCUT2D eigenvalue weighted by Crippen LogP contribution is 2.16. The zero-order valence-corrected chi connectivity index (χ0v) is 12.5. The summed E-state index contributed by atoms with van der Waals surface area (Å²) in [6, 6.07) is 7.11. The number of primary amides is 1. The predicted octanol–water partition coefficient (Wildman–Crippen LogP) is 1.18. The average Bonchev–Trinajstić information content (AvgIpc) is 2.44. The molecule has 0 bridgehead atoms. The van der Waals surface area contributed by atoms with Gasteiger partial charge in [0.05, 0.1) is 17.9 Å². The number of anilines is 2. The molecule has 0 saturated carbocycles. The van der Waals surface area contributed by atoms with Crippen molar-refractivity contribution in [3.8, 4) is 0 Å². The standard InChI is InChI=1S/C15H24N4O2/c1-2-3-9-19(11-14(17)20)10-8-15(21)18-13-7-5-4-6-12(13)16/h4-7H,2-3,8-11,16H2,1H3,(H2,17,20)(H,18,21). The molecule has 1 aromatic carbocycles. The van der Waals surface area contributed by atoms with Crippen LogP contribution >= 0.6 is 0 Å². The van der Waals surface area contributed by atoms with E-state index in [1.807, 2.05) is 17.0 Å². The Hall–Kier alpha value is -2.08. The van der Waals surface area contributed by atoms with Gasteiger partial charge in [0.25, 0.3) is 0 Å². The number of rotatable bonds is 9. The van der Waals surface area contributed by atoms with Gasteiger partial charge in [-0.3, -0.25) is 14.5 Å². The fourth-order valence-corrected chi connectivity index (χ4v) is 1.96. The minimum atomic E-state index is -0.376. The van der Waals surface area contributed by atoms with Gasteiger partial charge in [0.15, 0.2) is 0 Å². The number of nitrogen functional groups attached to an aromatic ring is 1. The smallest absolute Gasteiger partial charge is 0.231 e. The van der Waals surface area contributed by atoms with Crippen molar-refractivity contribution < 1.29 is 9.59 Å². The maximum Gasteiger partial charge on any atom is 0.231 e. The molecule has 6 heteroatoms. The number of unbranched alkanes of at least 4 members (excludes halogenated alkanes) is 1. The third-order valence-electron chi connectivity index (χ3n) is 3.10. The quantitative estimate of drug-likeness (QED) is 0.595. The number of carbonyl (C=O) groups excluding carboxylic acids is 2. The van der Waals surface area contributed by atoms with Crippen LogP contribution in [0.4, 0.5) is 11.4 Å². The molecule has 2 amide bonds. The molecule has 0 atom stereocenters. The minimum Gasteiger partial charge on any atom is -0.397 e. The third-order valence-corrected chi connectivity index (χ3v) is 3.10. The Morgan fingerprint density at radius 2 is 1.95 bits per heavy atom. The number of nitrogens with one attached hydrogen (secondary N) is 1. The lowest BCUT2D eigenvalue weighted by atomic mass is 10.2. The van der Waals surface area contributed by atoms with Crippen molar-refractivity contribution in [2.24, 2.45) is 5.73 Å². The van der Waals surface area contributed by atoms with Gasteiger partial charge in [0, 0.05) is 13.0 Å². The summed E-state index contributed by atoms with van der Waals surface area (Å²) in [7, 11) is 0. The highest BCUT2D eigenvalue weighted by molar-refractivity contribution is 5.93. The fraction of sp³-hybridized carbons (Fsp3) is 0.467. The van der Waals surface area contributed by atoms with Crippen molar-refractivity contribution in [3.63, 3.8) is 0 Å². The molecule has 5 N–H and O–H groups in total. The molecule has 116 valence electrons. The molecule has 0 unspecified atom stereocenters. The highest BCUT2D eigenvalue weighted by atomic mass is 16.2. The van der Waals surface area contributed by atoms with E-state index in [2.05, 4.69) is 12.2 Å². The lowest BCUT2D eigenvalue weighted by Crippen LogP contribution is -2.36. The van der Waals surface area contributed by atoms with E-state index < -0.39 is 0 Å². The van der Waals surface area contributed by atoms with Crippen molar-refractivity contribution in [1.82, 2.24) is 4.90 Å². The third kappa shape index (κ3) is 6.76. The first-order valence-electron chi connectivity index (χ1n) is 7.18. The van der Waals surface area contributed by atoms with Gasteiger partial charge in [-0.15, -0.1) is 0 Å². The predicted molar refractivity (Wildman–Crippen MR) is 84.6 cm³/mol. The van der Waals surface area contributed by atoms with Crippen LogP contribution in [0.15, 0.2) is 24.3 Å². The zero-order valence-electron chi connectivity index (χ0n) is 12.5. The van der Waals surface area contributed by atoms with E-state index in [1.54, 1.807) is 12.1 Å². The Labute approximate surface area is 125 Å².